The first kappa shape index (κ1) is 33.0. The molecule has 3 aliphatic heterocycles. The van der Waals surface area contributed by atoms with Crippen LogP contribution in [0.2, 0.25) is 0 Å². The molecule has 0 radical (unpaired) electrons. The molecular formula is C34H43NO10. The van der Waals surface area contributed by atoms with Gasteiger partial charge in [0.05, 0.1) is 12.3 Å². The molecule has 0 bridgehead atoms. The van der Waals surface area contributed by atoms with Crippen molar-refractivity contribution in [3.63, 3.8) is 0 Å². The van der Waals surface area contributed by atoms with E-state index in [1.54, 1.807) is 27.7 Å². The fourth-order valence-electron chi connectivity index (χ4n) is 6.20. The maximum atomic E-state index is 13.4. The van der Waals surface area contributed by atoms with Crippen molar-refractivity contribution in [3.8, 4) is 0 Å². The minimum atomic E-state index is -0.954. The second-order valence-corrected chi connectivity index (χ2v) is 12.8. The molecule has 5 rings (SSSR count). The average Bonchev–Trinajstić information content (AvgIpc) is 3.49. The quantitative estimate of drug-likeness (QED) is 0.318. The fourth-order valence-corrected chi connectivity index (χ4v) is 6.20. The molecule has 3 heterocycles. The molecule has 0 unspecified atom stereocenters. The summed E-state index contributed by atoms with van der Waals surface area (Å²) in [5.41, 5.74) is 1.82. The van der Waals surface area contributed by atoms with E-state index in [-0.39, 0.29) is 31.9 Å². The predicted molar refractivity (Wildman–Crippen MR) is 161 cm³/mol. The van der Waals surface area contributed by atoms with Gasteiger partial charge in [-0.25, -0.2) is 0 Å². The standard InChI is InChI=1S/C34H43NO10/c1-33(2)42-27-25(41-32-29(28(27)43-33)44-34(3,4)45-32)20-40-26(36)15-16-35-30(37)23(17-21-11-7-5-8-12-21)19-24(31(38)39)18-22-13-9-6-10-14-22/h5-14,23-25,27-29,32H,15-20H2,1-4H3,(H,35,37)(H,38,39)/t23-,24-,25-,27+,28+,29-,32-/m1/s1. The Balaban J connectivity index is 1.15. The van der Waals surface area contributed by atoms with Crippen LogP contribution < -0.4 is 5.32 Å². The van der Waals surface area contributed by atoms with Gasteiger partial charge in [-0.15, -0.1) is 0 Å². The average molecular weight is 626 g/mol. The minimum Gasteiger partial charge on any atom is -0.481 e. The Kier molecular flexibility index (Phi) is 10.2. The van der Waals surface area contributed by atoms with Crippen molar-refractivity contribution < 1.29 is 47.9 Å². The molecule has 244 valence electrons. The lowest BCUT2D eigenvalue weighted by Gasteiger charge is -2.36. The zero-order valence-electron chi connectivity index (χ0n) is 26.2. The highest BCUT2D eigenvalue weighted by atomic mass is 16.9. The molecule has 3 aliphatic rings. The maximum absolute atomic E-state index is 13.4. The van der Waals surface area contributed by atoms with Crippen molar-refractivity contribution in [3.05, 3.63) is 71.8 Å². The second kappa shape index (κ2) is 14.0. The monoisotopic (exact) mass is 625 g/mol. The van der Waals surface area contributed by atoms with Crippen LogP contribution >= 0.6 is 0 Å². The number of benzene rings is 2. The molecule has 0 saturated carbocycles. The third-order valence-corrected chi connectivity index (χ3v) is 8.23. The van der Waals surface area contributed by atoms with Gasteiger partial charge in [-0.05, 0) is 58.1 Å². The Morgan fingerprint density at radius 1 is 0.800 bits per heavy atom. The lowest BCUT2D eigenvalue weighted by Crippen LogP contribution is -2.56. The fraction of sp³-hybridized carbons (Fsp3) is 0.559. The van der Waals surface area contributed by atoms with E-state index in [0.717, 1.165) is 11.1 Å². The molecule has 0 aliphatic carbocycles. The number of esters is 1. The Labute approximate surface area is 263 Å². The van der Waals surface area contributed by atoms with E-state index < -0.39 is 66.1 Å². The summed E-state index contributed by atoms with van der Waals surface area (Å²) in [6.07, 6.45) is -2.02. The summed E-state index contributed by atoms with van der Waals surface area (Å²) in [6.45, 7) is 7.15. The van der Waals surface area contributed by atoms with Crippen molar-refractivity contribution in [2.75, 3.05) is 13.2 Å². The molecule has 0 spiro atoms. The highest BCUT2D eigenvalue weighted by Crippen LogP contribution is 2.44. The zero-order chi connectivity index (χ0) is 32.2. The number of hydrogen-bond donors (Lipinski definition) is 2. The van der Waals surface area contributed by atoms with Crippen LogP contribution in [0.25, 0.3) is 0 Å². The van der Waals surface area contributed by atoms with Gasteiger partial charge in [0, 0.05) is 12.5 Å². The molecule has 2 aromatic carbocycles. The van der Waals surface area contributed by atoms with E-state index in [2.05, 4.69) is 5.32 Å². The van der Waals surface area contributed by atoms with E-state index in [0.29, 0.717) is 12.8 Å². The summed E-state index contributed by atoms with van der Waals surface area (Å²) in [7, 11) is 0. The smallest absolute Gasteiger partial charge is 0.307 e. The number of carboxylic acids is 1. The predicted octanol–water partition coefficient (Wildman–Crippen LogP) is 3.62. The zero-order valence-corrected chi connectivity index (χ0v) is 26.2. The number of carbonyl (C=O) groups is 3. The third kappa shape index (κ3) is 8.68. The van der Waals surface area contributed by atoms with Crippen LogP contribution in [0, 0.1) is 11.8 Å². The summed E-state index contributed by atoms with van der Waals surface area (Å²) >= 11 is 0. The first-order valence-corrected chi connectivity index (χ1v) is 15.5. The van der Waals surface area contributed by atoms with Crippen LogP contribution in [0.15, 0.2) is 60.7 Å². The van der Waals surface area contributed by atoms with Crippen LogP contribution in [0.5, 0.6) is 0 Å². The maximum Gasteiger partial charge on any atom is 0.307 e. The van der Waals surface area contributed by atoms with Gasteiger partial charge in [0.25, 0.3) is 0 Å². The highest BCUT2D eigenvalue weighted by molar-refractivity contribution is 5.81. The number of carbonyl (C=O) groups excluding carboxylic acids is 2. The molecule has 2 aromatic rings. The van der Waals surface area contributed by atoms with E-state index >= 15 is 0 Å². The highest BCUT2D eigenvalue weighted by Gasteiger charge is 2.60. The number of amides is 1. The van der Waals surface area contributed by atoms with Gasteiger partial charge in [0.15, 0.2) is 17.9 Å². The van der Waals surface area contributed by atoms with Crippen LogP contribution in [-0.4, -0.2) is 78.4 Å². The van der Waals surface area contributed by atoms with Crippen LogP contribution in [0.4, 0.5) is 0 Å². The molecule has 45 heavy (non-hydrogen) atoms. The number of hydrogen-bond acceptors (Lipinski definition) is 9. The van der Waals surface area contributed by atoms with Crippen molar-refractivity contribution in [1.82, 2.24) is 5.32 Å². The van der Waals surface area contributed by atoms with Gasteiger partial charge < -0.3 is 38.8 Å². The van der Waals surface area contributed by atoms with Crippen molar-refractivity contribution >= 4 is 17.8 Å². The molecule has 3 fully saturated rings. The molecule has 0 aromatic heterocycles. The summed E-state index contributed by atoms with van der Waals surface area (Å²) in [5, 5.41) is 12.8. The van der Waals surface area contributed by atoms with Crippen molar-refractivity contribution in [1.29, 1.82) is 0 Å². The molecular weight excluding hydrogens is 582 g/mol. The first-order valence-electron chi connectivity index (χ1n) is 15.5. The molecule has 3 saturated heterocycles. The van der Waals surface area contributed by atoms with E-state index in [1.807, 2.05) is 60.7 Å². The SMILES string of the molecule is CC1(C)O[C@H]2[C@@H](O1)[C@@H](COC(=O)CCNC(=O)[C@H](Cc1ccccc1)C[C@@H](Cc1ccccc1)C(=O)O)O[C@@H]1OC(C)(C)O[C@@H]12. The summed E-state index contributed by atoms with van der Waals surface area (Å²) in [4.78, 5) is 38.3. The van der Waals surface area contributed by atoms with Gasteiger partial charge in [-0.1, -0.05) is 60.7 Å². The minimum absolute atomic E-state index is 0.0411. The molecule has 11 nitrogen and oxygen atoms in total. The largest absolute Gasteiger partial charge is 0.481 e. The van der Waals surface area contributed by atoms with Gasteiger partial charge >= 0.3 is 11.9 Å². The first-order chi connectivity index (χ1) is 21.4. The van der Waals surface area contributed by atoms with Crippen molar-refractivity contribution in [2.24, 2.45) is 11.8 Å². The molecule has 1 amide bonds. The Morgan fingerprint density at radius 2 is 1.36 bits per heavy atom. The number of aliphatic carboxylic acids is 1. The Bertz CT molecular complexity index is 1320. The van der Waals surface area contributed by atoms with E-state index in [1.165, 1.54) is 0 Å². The van der Waals surface area contributed by atoms with Gasteiger partial charge in [0.2, 0.25) is 5.91 Å². The molecule has 2 N–H and O–H groups in total. The lowest BCUT2D eigenvalue weighted by atomic mass is 9.85. The lowest BCUT2D eigenvalue weighted by molar-refractivity contribution is -0.242. The summed E-state index contributed by atoms with van der Waals surface area (Å²) < 4.78 is 35.7. The normalized spacial score (nSPS) is 27.5. The Hall–Kier alpha value is -3.35. The number of nitrogens with one attached hydrogen (secondary N) is 1. The van der Waals surface area contributed by atoms with Gasteiger partial charge in [-0.2, -0.15) is 0 Å². The number of fused-ring (bicyclic) bond motifs is 3. The molecule has 11 heteroatoms. The third-order valence-electron chi connectivity index (χ3n) is 8.23. The molecule has 7 atom stereocenters. The van der Waals surface area contributed by atoms with Gasteiger partial charge in [-0.3, -0.25) is 14.4 Å². The van der Waals surface area contributed by atoms with Crippen LogP contribution in [-0.2, 0) is 55.6 Å². The number of carboxylic acid groups (broad SMARTS) is 1. The number of ether oxygens (including phenoxy) is 6. The summed E-state index contributed by atoms with van der Waals surface area (Å²) in [6, 6.07) is 18.8. The number of rotatable bonds is 13. The Morgan fingerprint density at radius 3 is 1.98 bits per heavy atom. The van der Waals surface area contributed by atoms with Gasteiger partial charge in [0.1, 0.15) is 31.0 Å². The van der Waals surface area contributed by atoms with Crippen LogP contribution in [0.1, 0.15) is 51.7 Å². The van der Waals surface area contributed by atoms with Crippen LogP contribution in [0.3, 0.4) is 0 Å². The second-order valence-electron chi connectivity index (χ2n) is 12.8. The summed E-state index contributed by atoms with van der Waals surface area (Å²) in [5.74, 6) is -4.86. The van der Waals surface area contributed by atoms with E-state index in [4.69, 9.17) is 28.4 Å². The van der Waals surface area contributed by atoms with E-state index in [9.17, 15) is 19.5 Å². The van der Waals surface area contributed by atoms with Crippen molar-refractivity contribution in [2.45, 2.75) is 95.7 Å². The topological polar surface area (TPSA) is 139 Å².